The van der Waals surface area contributed by atoms with Crippen LogP contribution in [0.15, 0.2) is 18.2 Å². The molecule has 1 amide bonds. The normalized spacial score (nSPS) is 21.1. The third-order valence-electron chi connectivity index (χ3n) is 2.30. The number of halogens is 2. The first kappa shape index (κ1) is 10.8. The van der Waals surface area contributed by atoms with Crippen LogP contribution in [0.1, 0.15) is 6.42 Å². The van der Waals surface area contributed by atoms with Crippen LogP contribution < -0.4 is 4.90 Å². The lowest BCUT2D eigenvalue weighted by Crippen LogP contribution is -2.24. The van der Waals surface area contributed by atoms with Gasteiger partial charge in [-0.05, 0) is 12.1 Å². The van der Waals surface area contributed by atoms with Crippen molar-refractivity contribution in [3.05, 3.63) is 23.2 Å². The molecular formula is C10H9BrClNO2. The zero-order valence-corrected chi connectivity index (χ0v) is 10.1. The van der Waals surface area contributed by atoms with Crippen molar-refractivity contribution in [1.29, 1.82) is 0 Å². The van der Waals surface area contributed by atoms with E-state index in [9.17, 15) is 9.90 Å². The summed E-state index contributed by atoms with van der Waals surface area (Å²) in [5.74, 6) is 0.148. The van der Waals surface area contributed by atoms with Crippen molar-refractivity contribution in [3.63, 3.8) is 0 Å². The Morgan fingerprint density at radius 1 is 1.53 bits per heavy atom. The minimum Gasteiger partial charge on any atom is -0.508 e. The van der Waals surface area contributed by atoms with Crippen LogP contribution in [-0.4, -0.2) is 22.4 Å². The molecule has 1 heterocycles. The molecule has 1 saturated heterocycles. The second-order valence-corrected chi connectivity index (χ2v) is 5.14. The number of hydrogen-bond donors (Lipinski definition) is 1. The standard InChI is InChI=1S/C10H9BrClNO2/c11-6-3-10(15)13(5-6)9-2-1-7(14)4-8(9)12/h1-2,4,6,14H,3,5H2. The number of rotatable bonds is 1. The molecule has 1 unspecified atom stereocenters. The van der Waals surface area contributed by atoms with Gasteiger partial charge in [-0.25, -0.2) is 0 Å². The first-order chi connectivity index (χ1) is 7.08. The number of amides is 1. The zero-order chi connectivity index (χ0) is 11.0. The third kappa shape index (κ3) is 2.11. The van der Waals surface area contributed by atoms with Gasteiger partial charge in [0.2, 0.25) is 5.91 Å². The Morgan fingerprint density at radius 2 is 2.27 bits per heavy atom. The highest BCUT2D eigenvalue weighted by atomic mass is 79.9. The van der Waals surface area contributed by atoms with Gasteiger partial charge in [0.25, 0.3) is 0 Å². The van der Waals surface area contributed by atoms with E-state index in [4.69, 9.17) is 11.6 Å². The quantitative estimate of drug-likeness (QED) is 0.808. The van der Waals surface area contributed by atoms with Gasteiger partial charge < -0.3 is 10.0 Å². The summed E-state index contributed by atoms with van der Waals surface area (Å²) >= 11 is 9.35. The number of anilines is 1. The highest BCUT2D eigenvalue weighted by Crippen LogP contribution is 2.33. The summed E-state index contributed by atoms with van der Waals surface area (Å²) in [6.45, 7) is 0.614. The van der Waals surface area contributed by atoms with Crippen LogP contribution in [0.4, 0.5) is 5.69 Å². The maximum atomic E-state index is 11.6. The second-order valence-electron chi connectivity index (χ2n) is 3.44. The minimum atomic E-state index is 0.0458. The highest BCUT2D eigenvalue weighted by Gasteiger charge is 2.29. The summed E-state index contributed by atoms with van der Waals surface area (Å²) in [6, 6.07) is 4.61. The van der Waals surface area contributed by atoms with Crippen LogP contribution in [0.2, 0.25) is 5.02 Å². The number of phenolic OH excluding ortho intramolecular Hbond substituents is 1. The van der Waals surface area contributed by atoms with Crippen LogP contribution in [0, 0.1) is 0 Å². The molecule has 0 radical (unpaired) electrons. The van der Waals surface area contributed by atoms with E-state index in [1.54, 1.807) is 11.0 Å². The number of nitrogens with zero attached hydrogens (tertiary/aromatic N) is 1. The number of aromatic hydroxyl groups is 1. The minimum absolute atomic E-state index is 0.0458. The summed E-state index contributed by atoms with van der Waals surface area (Å²) < 4.78 is 0. The Bertz CT molecular complexity index is 410. The number of carbonyl (C=O) groups is 1. The first-order valence-electron chi connectivity index (χ1n) is 4.51. The molecule has 2 rings (SSSR count). The van der Waals surface area contributed by atoms with Crippen molar-refractivity contribution >= 4 is 39.1 Å². The molecule has 1 aromatic rings. The molecule has 1 fully saturated rings. The van der Waals surface area contributed by atoms with Crippen LogP contribution in [0.5, 0.6) is 5.75 Å². The average molecular weight is 291 g/mol. The lowest BCUT2D eigenvalue weighted by molar-refractivity contribution is -0.117. The molecule has 3 nitrogen and oxygen atoms in total. The fraction of sp³-hybridized carbons (Fsp3) is 0.300. The van der Waals surface area contributed by atoms with E-state index in [1.807, 2.05) is 0 Å². The molecule has 1 atom stereocenters. The number of hydrogen-bond acceptors (Lipinski definition) is 2. The monoisotopic (exact) mass is 289 g/mol. The van der Waals surface area contributed by atoms with E-state index in [-0.39, 0.29) is 16.5 Å². The van der Waals surface area contributed by atoms with Gasteiger partial charge in [-0.1, -0.05) is 27.5 Å². The van der Waals surface area contributed by atoms with Gasteiger partial charge in [0.05, 0.1) is 10.7 Å². The van der Waals surface area contributed by atoms with Crippen molar-refractivity contribution in [1.82, 2.24) is 0 Å². The average Bonchev–Trinajstić information content (AvgIpc) is 2.45. The van der Waals surface area contributed by atoms with E-state index in [1.165, 1.54) is 12.1 Å². The van der Waals surface area contributed by atoms with E-state index in [0.29, 0.717) is 23.7 Å². The highest BCUT2D eigenvalue weighted by molar-refractivity contribution is 9.09. The molecule has 0 saturated carbocycles. The number of phenols is 1. The van der Waals surface area contributed by atoms with Crippen LogP contribution in [-0.2, 0) is 4.79 Å². The van der Waals surface area contributed by atoms with Gasteiger partial charge in [-0.2, -0.15) is 0 Å². The number of benzene rings is 1. The van der Waals surface area contributed by atoms with Crippen molar-refractivity contribution < 1.29 is 9.90 Å². The lowest BCUT2D eigenvalue weighted by atomic mass is 10.3. The molecule has 0 bridgehead atoms. The van der Waals surface area contributed by atoms with Gasteiger partial charge in [0, 0.05) is 23.9 Å². The topological polar surface area (TPSA) is 40.5 Å². The Labute approximate surface area is 101 Å². The van der Waals surface area contributed by atoms with Crippen LogP contribution >= 0.6 is 27.5 Å². The van der Waals surface area contributed by atoms with Gasteiger partial charge in [-0.15, -0.1) is 0 Å². The molecule has 0 aromatic heterocycles. The van der Waals surface area contributed by atoms with E-state index >= 15 is 0 Å². The Morgan fingerprint density at radius 3 is 2.80 bits per heavy atom. The van der Waals surface area contributed by atoms with Crippen molar-refractivity contribution in [3.8, 4) is 5.75 Å². The van der Waals surface area contributed by atoms with E-state index in [0.717, 1.165) is 0 Å². The van der Waals surface area contributed by atoms with Crippen molar-refractivity contribution in [2.45, 2.75) is 11.2 Å². The van der Waals surface area contributed by atoms with Crippen molar-refractivity contribution in [2.24, 2.45) is 0 Å². The summed E-state index contributed by atoms with van der Waals surface area (Å²) in [5.41, 5.74) is 0.654. The molecule has 1 N–H and O–H groups in total. The number of carbonyl (C=O) groups excluding carboxylic acids is 1. The Balaban J connectivity index is 2.34. The fourth-order valence-corrected chi connectivity index (χ4v) is 2.45. The van der Waals surface area contributed by atoms with Crippen molar-refractivity contribution in [2.75, 3.05) is 11.4 Å². The smallest absolute Gasteiger partial charge is 0.228 e. The molecule has 5 heteroatoms. The first-order valence-corrected chi connectivity index (χ1v) is 5.80. The summed E-state index contributed by atoms with van der Waals surface area (Å²) in [5, 5.41) is 9.59. The maximum absolute atomic E-state index is 11.6. The molecule has 80 valence electrons. The number of alkyl halides is 1. The third-order valence-corrected chi connectivity index (χ3v) is 3.22. The predicted octanol–water partition coefficient (Wildman–Crippen LogP) is 2.55. The summed E-state index contributed by atoms with van der Waals surface area (Å²) in [7, 11) is 0. The Kier molecular flexibility index (Phi) is 2.89. The molecule has 0 aliphatic carbocycles. The molecule has 1 aliphatic rings. The lowest BCUT2D eigenvalue weighted by Gasteiger charge is -2.17. The Hall–Kier alpha value is -0.740. The van der Waals surface area contributed by atoms with E-state index in [2.05, 4.69) is 15.9 Å². The van der Waals surface area contributed by atoms with Crippen LogP contribution in [0.3, 0.4) is 0 Å². The second kappa shape index (κ2) is 4.02. The summed E-state index contributed by atoms with van der Waals surface area (Å²) in [6.07, 6.45) is 0.483. The zero-order valence-electron chi connectivity index (χ0n) is 7.78. The molecule has 15 heavy (non-hydrogen) atoms. The van der Waals surface area contributed by atoms with Gasteiger partial charge in [0.15, 0.2) is 0 Å². The van der Waals surface area contributed by atoms with Gasteiger partial charge in [0.1, 0.15) is 5.75 Å². The molecular weight excluding hydrogens is 281 g/mol. The molecule has 0 spiro atoms. The van der Waals surface area contributed by atoms with Gasteiger partial charge >= 0.3 is 0 Å². The summed E-state index contributed by atoms with van der Waals surface area (Å²) in [4.78, 5) is 13.4. The molecule has 1 aliphatic heterocycles. The van der Waals surface area contributed by atoms with E-state index < -0.39 is 0 Å². The molecule has 1 aromatic carbocycles. The largest absolute Gasteiger partial charge is 0.508 e. The SMILES string of the molecule is O=C1CC(Br)CN1c1ccc(O)cc1Cl. The van der Waals surface area contributed by atoms with Gasteiger partial charge in [-0.3, -0.25) is 4.79 Å². The maximum Gasteiger partial charge on any atom is 0.228 e. The van der Waals surface area contributed by atoms with Crippen LogP contribution in [0.25, 0.3) is 0 Å². The fourth-order valence-electron chi connectivity index (χ4n) is 1.61. The predicted molar refractivity (Wildman–Crippen MR) is 62.8 cm³/mol.